The van der Waals surface area contributed by atoms with Crippen molar-refractivity contribution in [2.24, 2.45) is 0 Å². The van der Waals surface area contributed by atoms with Crippen LogP contribution in [0.4, 0.5) is 5.69 Å². The van der Waals surface area contributed by atoms with Crippen LogP contribution in [-0.4, -0.2) is 41.7 Å². The smallest absolute Gasteiger partial charge is 0.335 e. The number of piperidine rings is 1. The summed E-state index contributed by atoms with van der Waals surface area (Å²) < 4.78 is 0.795. The van der Waals surface area contributed by atoms with Crippen LogP contribution < -0.4 is 5.32 Å². The Morgan fingerprint density at radius 1 is 1.40 bits per heavy atom. The molecular formula is C15H21BrN2O2. The average molecular weight is 341 g/mol. The fraction of sp³-hybridized carbons (Fsp3) is 0.533. The normalized spacial score (nSPS) is 17.1. The zero-order chi connectivity index (χ0) is 14.5. The van der Waals surface area contributed by atoms with Crippen molar-refractivity contribution < 1.29 is 9.90 Å². The minimum atomic E-state index is -0.896. The second-order valence-corrected chi connectivity index (χ2v) is 6.21. The second kappa shape index (κ2) is 7.09. The first-order valence-electron chi connectivity index (χ1n) is 7.11. The summed E-state index contributed by atoms with van der Waals surface area (Å²) in [5, 5.41) is 12.5. The van der Waals surface area contributed by atoms with E-state index in [1.807, 2.05) is 6.07 Å². The molecule has 1 fully saturated rings. The van der Waals surface area contributed by atoms with Gasteiger partial charge in [-0.2, -0.15) is 0 Å². The van der Waals surface area contributed by atoms with Gasteiger partial charge >= 0.3 is 5.97 Å². The van der Waals surface area contributed by atoms with Crippen LogP contribution in [0, 0.1) is 0 Å². The van der Waals surface area contributed by atoms with E-state index >= 15 is 0 Å². The fourth-order valence-electron chi connectivity index (χ4n) is 2.65. The van der Waals surface area contributed by atoms with Crippen molar-refractivity contribution in [3.63, 3.8) is 0 Å². The molecule has 0 spiro atoms. The van der Waals surface area contributed by atoms with Crippen molar-refractivity contribution in [2.45, 2.75) is 32.2 Å². The van der Waals surface area contributed by atoms with Gasteiger partial charge in [-0.25, -0.2) is 4.79 Å². The highest BCUT2D eigenvalue weighted by Gasteiger charge is 2.18. The number of likely N-dealkylation sites (tertiary alicyclic amines) is 1. The van der Waals surface area contributed by atoms with E-state index in [4.69, 9.17) is 5.11 Å². The molecule has 0 unspecified atom stereocenters. The molecule has 2 N–H and O–H groups in total. The largest absolute Gasteiger partial charge is 0.478 e. The van der Waals surface area contributed by atoms with Gasteiger partial charge in [0.15, 0.2) is 0 Å². The van der Waals surface area contributed by atoms with Gasteiger partial charge in [0, 0.05) is 29.3 Å². The molecule has 0 bridgehead atoms. The lowest BCUT2D eigenvalue weighted by molar-refractivity contribution is 0.0697. The third-order valence-electron chi connectivity index (χ3n) is 3.64. The minimum Gasteiger partial charge on any atom is -0.478 e. The number of benzene rings is 1. The molecule has 5 heteroatoms. The molecule has 0 saturated carbocycles. The van der Waals surface area contributed by atoms with Gasteiger partial charge in [0.05, 0.1) is 5.56 Å². The molecule has 1 aromatic carbocycles. The summed E-state index contributed by atoms with van der Waals surface area (Å²) in [5.41, 5.74) is 1.19. The third-order valence-corrected chi connectivity index (χ3v) is 4.10. The lowest BCUT2D eigenvalue weighted by Crippen LogP contribution is -2.39. The summed E-state index contributed by atoms with van der Waals surface area (Å²) in [6.45, 7) is 5.61. The van der Waals surface area contributed by atoms with Gasteiger partial charge in [0.2, 0.25) is 0 Å². The van der Waals surface area contributed by atoms with Gasteiger partial charge in [0.1, 0.15) is 0 Å². The van der Waals surface area contributed by atoms with Gasteiger partial charge < -0.3 is 15.3 Å². The van der Waals surface area contributed by atoms with Gasteiger partial charge in [-0.05, 0) is 44.0 Å². The second-order valence-electron chi connectivity index (χ2n) is 5.29. The van der Waals surface area contributed by atoms with Crippen molar-refractivity contribution >= 4 is 27.6 Å². The molecule has 0 aliphatic carbocycles. The average Bonchev–Trinajstić information content (AvgIpc) is 2.40. The summed E-state index contributed by atoms with van der Waals surface area (Å²) >= 11 is 3.36. The van der Waals surface area contributed by atoms with E-state index in [1.54, 1.807) is 12.1 Å². The lowest BCUT2D eigenvalue weighted by atomic mass is 10.0. The predicted octanol–water partition coefficient (Wildman–Crippen LogP) is 3.43. The topological polar surface area (TPSA) is 52.6 Å². The van der Waals surface area contributed by atoms with Crippen LogP contribution >= 0.6 is 15.9 Å². The number of rotatable bonds is 5. The van der Waals surface area contributed by atoms with Gasteiger partial charge in [-0.3, -0.25) is 0 Å². The molecule has 20 heavy (non-hydrogen) atoms. The first-order chi connectivity index (χ1) is 9.58. The van der Waals surface area contributed by atoms with Crippen molar-refractivity contribution in [2.75, 3.05) is 25.0 Å². The number of hydrogen-bond donors (Lipinski definition) is 2. The molecule has 2 rings (SSSR count). The number of halogens is 1. The molecule has 0 aromatic heterocycles. The van der Waals surface area contributed by atoms with Crippen LogP contribution in [0.2, 0.25) is 0 Å². The van der Waals surface area contributed by atoms with Crippen molar-refractivity contribution in [1.82, 2.24) is 4.90 Å². The molecule has 4 nitrogen and oxygen atoms in total. The zero-order valence-corrected chi connectivity index (χ0v) is 13.3. The molecule has 110 valence electrons. The molecule has 0 atom stereocenters. The van der Waals surface area contributed by atoms with Crippen molar-refractivity contribution in [1.29, 1.82) is 0 Å². The maximum Gasteiger partial charge on any atom is 0.335 e. The summed E-state index contributed by atoms with van der Waals surface area (Å²) in [5.74, 6) is -0.896. The zero-order valence-electron chi connectivity index (χ0n) is 11.7. The molecule has 1 heterocycles. The molecule has 1 aromatic rings. The highest BCUT2D eigenvalue weighted by Crippen LogP contribution is 2.22. The predicted molar refractivity (Wildman–Crippen MR) is 84.5 cm³/mol. The van der Waals surface area contributed by atoms with Crippen molar-refractivity contribution in [3.05, 3.63) is 28.2 Å². The van der Waals surface area contributed by atoms with Crippen LogP contribution in [0.25, 0.3) is 0 Å². The Morgan fingerprint density at radius 2 is 2.10 bits per heavy atom. The quantitative estimate of drug-likeness (QED) is 0.862. The van der Waals surface area contributed by atoms with Crippen LogP contribution in [0.5, 0.6) is 0 Å². The van der Waals surface area contributed by atoms with Gasteiger partial charge in [0.25, 0.3) is 0 Å². The SMILES string of the molecule is CCCN1CCC(Nc2cc(Br)cc(C(=O)O)c2)CC1. The van der Waals surface area contributed by atoms with E-state index in [1.165, 1.54) is 13.0 Å². The number of nitrogens with zero attached hydrogens (tertiary/aromatic N) is 1. The molecule has 0 radical (unpaired) electrons. The highest BCUT2D eigenvalue weighted by atomic mass is 79.9. The monoisotopic (exact) mass is 340 g/mol. The van der Waals surface area contributed by atoms with E-state index in [0.717, 1.165) is 36.1 Å². The van der Waals surface area contributed by atoms with Crippen LogP contribution in [0.1, 0.15) is 36.5 Å². The number of carboxylic acids is 1. The summed E-state index contributed by atoms with van der Waals surface area (Å²) in [4.78, 5) is 13.5. The van der Waals surface area contributed by atoms with Crippen LogP contribution in [-0.2, 0) is 0 Å². The first kappa shape index (κ1) is 15.3. The Morgan fingerprint density at radius 3 is 2.70 bits per heavy atom. The summed E-state index contributed by atoms with van der Waals surface area (Å²) in [7, 11) is 0. The van der Waals surface area contributed by atoms with E-state index < -0.39 is 5.97 Å². The Bertz CT molecular complexity index is 471. The Kier molecular flexibility index (Phi) is 5.43. The molecule has 1 aliphatic rings. The standard InChI is InChI=1S/C15H21BrN2O2/c1-2-5-18-6-3-13(4-7-18)17-14-9-11(15(19)20)8-12(16)10-14/h8-10,13,17H,2-7H2,1H3,(H,19,20). The van der Waals surface area contributed by atoms with Crippen molar-refractivity contribution in [3.8, 4) is 0 Å². The van der Waals surface area contributed by atoms with E-state index in [0.29, 0.717) is 11.6 Å². The number of carbonyl (C=O) groups is 1. The van der Waals surface area contributed by atoms with E-state index in [2.05, 4.69) is 33.1 Å². The van der Waals surface area contributed by atoms with Gasteiger partial charge in [-0.15, -0.1) is 0 Å². The minimum absolute atomic E-state index is 0.310. The molecule has 1 saturated heterocycles. The van der Waals surface area contributed by atoms with Crippen LogP contribution in [0.15, 0.2) is 22.7 Å². The number of hydrogen-bond acceptors (Lipinski definition) is 3. The summed E-state index contributed by atoms with van der Waals surface area (Å²) in [6, 6.07) is 5.69. The Hall–Kier alpha value is -1.07. The highest BCUT2D eigenvalue weighted by molar-refractivity contribution is 9.10. The maximum absolute atomic E-state index is 11.1. The Labute approximate surface area is 128 Å². The number of anilines is 1. The summed E-state index contributed by atoms with van der Waals surface area (Å²) in [6.07, 6.45) is 3.41. The maximum atomic E-state index is 11.1. The molecule has 0 amide bonds. The number of carboxylic acid groups (broad SMARTS) is 1. The molecule has 1 aliphatic heterocycles. The lowest BCUT2D eigenvalue weighted by Gasteiger charge is -2.32. The van der Waals surface area contributed by atoms with E-state index in [-0.39, 0.29) is 0 Å². The third kappa shape index (κ3) is 4.21. The number of aromatic carboxylic acids is 1. The van der Waals surface area contributed by atoms with E-state index in [9.17, 15) is 4.79 Å². The fourth-order valence-corrected chi connectivity index (χ4v) is 3.14. The molecular weight excluding hydrogens is 320 g/mol. The van der Waals surface area contributed by atoms with Crippen LogP contribution in [0.3, 0.4) is 0 Å². The Balaban J connectivity index is 1.96. The van der Waals surface area contributed by atoms with Gasteiger partial charge in [-0.1, -0.05) is 22.9 Å². The first-order valence-corrected chi connectivity index (χ1v) is 7.90. The number of nitrogens with one attached hydrogen (secondary N) is 1.